The molecule has 0 radical (unpaired) electrons. The fourth-order valence-electron chi connectivity index (χ4n) is 3.17. The van der Waals surface area contributed by atoms with Crippen molar-refractivity contribution < 1.29 is 0 Å². The van der Waals surface area contributed by atoms with E-state index in [-0.39, 0.29) is 5.38 Å². The maximum atomic E-state index is 6.23. The van der Waals surface area contributed by atoms with Crippen LogP contribution in [-0.4, -0.2) is 43.3 Å². The van der Waals surface area contributed by atoms with E-state index in [0.717, 1.165) is 36.7 Å². The molecule has 124 valence electrons. The van der Waals surface area contributed by atoms with Crippen molar-refractivity contribution in [3.8, 4) is 0 Å². The quantitative estimate of drug-likeness (QED) is 0.712. The predicted octanol–water partition coefficient (Wildman–Crippen LogP) is 2.89. The molecule has 1 aliphatic carbocycles. The van der Waals surface area contributed by atoms with Gasteiger partial charge in [0.25, 0.3) is 0 Å². The molecule has 0 spiro atoms. The lowest BCUT2D eigenvalue weighted by molar-refractivity contribution is 0.827. The molecule has 8 heteroatoms. The van der Waals surface area contributed by atoms with Crippen molar-refractivity contribution in [1.29, 1.82) is 0 Å². The minimum absolute atomic E-state index is 0.165. The van der Waals surface area contributed by atoms with E-state index >= 15 is 0 Å². The number of halogens is 1. The Kier molecular flexibility index (Phi) is 3.16. The lowest BCUT2D eigenvalue weighted by Crippen LogP contribution is -2.23. The summed E-state index contributed by atoms with van der Waals surface area (Å²) in [6.07, 6.45) is 5.38. The number of aromatic amines is 1. The third kappa shape index (κ3) is 2.49. The largest absolute Gasteiger partial charge is 0.338 e. The molecule has 4 heterocycles. The molecule has 2 aliphatic rings. The molecule has 1 saturated carbocycles. The average Bonchev–Trinajstić information content (AvgIpc) is 2.99. The molecule has 1 atom stereocenters. The van der Waals surface area contributed by atoms with Crippen molar-refractivity contribution in [2.75, 3.05) is 23.3 Å². The molecule has 0 unspecified atom stereocenters. The number of alkyl halides is 1. The van der Waals surface area contributed by atoms with Crippen molar-refractivity contribution in [1.82, 2.24) is 24.8 Å². The number of nitrogens with zero attached hydrogens (tertiary/aromatic N) is 5. The molecule has 5 rings (SSSR count). The van der Waals surface area contributed by atoms with Crippen LogP contribution in [0.15, 0.2) is 24.4 Å². The van der Waals surface area contributed by atoms with Gasteiger partial charge in [-0.05, 0) is 31.4 Å². The Morgan fingerprint density at radius 2 is 2.21 bits per heavy atom. The zero-order valence-corrected chi connectivity index (χ0v) is 13.9. The first-order valence-electron chi connectivity index (χ1n) is 8.33. The fourth-order valence-corrected chi connectivity index (χ4v) is 3.44. The summed E-state index contributed by atoms with van der Waals surface area (Å²) in [5, 5.41) is 15.6. The summed E-state index contributed by atoms with van der Waals surface area (Å²) in [7, 11) is 0. The van der Waals surface area contributed by atoms with Crippen LogP contribution in [0.3, 0.4) is 0 Å². The Hall–Kier alpha value is -2.28. The highest BCUT2D eigenvalue weighted by Crippen LogP contribution is 2.39. The molecule has 0 bridgehead atoms. The van der Waals surface area contributed by atoms with Gasteiger partial charge < -0.3 is 10.2 Å². The maximum absolute atomic E-state index is 6.23. The number of fused-ring (bicyclic) bond motifs is 1. The number of nitrogens with one attached hydrogen (secondary N) is 2. The average molecular weight is 344 g/mol. The highest BCUT2D eigenvalue weighted by atomic mass is 35.5. The van der Waals surface area contributed by atoms with Crippen LogP contribution >= 0.6 is 11.6 Å². The summed E-state index contributed by atoms with van der Waals surface area (Å²) in [5.74, 6) is 2.90. The summed E-state index contributed by atoms with van der Waals surface area (Å²) in [6.45, 7) is 1.66. The van der Waals surface area contributed by atoms with E-state index in [0.29, 0.717) is 11.9 Å². The van der Waals surface area contributed by atoms with Gasteiger partial charge in [0.15, 0.2) is 11.6 Å². The smallest absolute Gasteiger partial charge is 0.245 e. The van der Waals surface area contributed by atoms with Crippen LogP contribution in [0.25, 0.3) is 5.52 Å². The number of H-pyrrole nitrogens is 1. The maximum Gasteiger partial charge on any atom is 0.245 e. The first-order chi connectivity index (χ1) is 11.8. The highest BCUT2D eigenvalue weighted by Gasteiger charge is 2.26. The van der Waals surface area contributed by atoms with Crippen LogP contribution in [0.4, 0.5) is 17.6 Å². The van der Waals surface area contributed by atoms with E-state index < -0.39 is 0 Å². The van der Waals surface area contributed by atoms with Crippen molar-refractivity contribution in [3.63, 3.8) is 0 Å². The van der Waals surface area contributed by atoms with Gasteiger partial charge in [0.05, 0.1) is 5.38 Å². The van der Waals surface area contributed by atoms with E-state index in [2.05, 4.69) is 31.6 Å². The predicted molar refractivity (Wildman–Crippen MR) is 93.3 cm³/mol. The monoisotopic (exact) mass is 343 g/mol. The van der Waals surface area contributed by atoms with Gasteiger partial charge in [0.1, 0.15) is 5.52 Å². The van der Waals surface area contributed by atoms with E-state index in [9.17, 15) is 0 Å². The lowest BCUT2D eigenvalue weighted by atomic mass is 10.3. The minimum Gasteiger partial charge on any atom is -0.338 e. The van der Waals surface area contributed by atoms with Crippen molar-refractivity contribution >= 4 is 34.7 Å². The first-order valence-corrected chi connectivity index (χ1v) is 8.76. The van der Waals surface area contributed by atoms with Gasteiger partial charge in [-0.25, -0.2) is 4.52 Å². The Morgan fingerprint density at radius 1 is 1.29 bits per heavy atom. The van der Waals surface area contributed by atoms with Gasteiger partial charge in [-0.1, -0.05) is 0 Å². The molecule has 2 fully saturated rings. The number of aromatic nitrogens is 5. The van der Waals surface area contributed by atoms with Crippen LogP contribution < -0.4 is 10.2 Å². The topological polar surface area (TPSA) is 74.1 Å². The molecular formula is C16H18ClN7. The second-order valence-corrected chi connectivity index (χ2v) is 7.16. The van der Waals surface area contributed by atoms with Crippen molar-refractivity contribution in [2.24, 2.45) is 0 Å². The van der Waals surface area contributed by atoms with Crippen LogP contribution in [0.1, 0.15) is 30.9 Å². The van der Waals surface area contributed by atoms with Gasteiger partial charge in [-0.15, -0.1) is 16.7 Å². The van der Waals surface area contributed by atoms with Crippen molar-refractivity contribution in [3.05, 3.63) is 30.1 Å². The molecule has 7 nitrogen and oxygen atoms in total. The molecule has 3 aromatic rings. The zero-order valence-electron chi connectivity index (χ0n) is 13.1. The van der Waals surface area contributed by atoms with Gasteiger partial charge in [0, 0.05) is 37.0 Å². The zero-order chi connectivity index (χ0) is 16.1. The van der Waals surface area contributed by atoms with E-state index in [4.69, 9.17) is 16.6 Å². The fraction of sp³-hybridized carbons (Fsp3) is 0.438. The van der Waals surface area contributed by atoms with Crippen LogP contribution in [0, 0.1) is 0 Å². The number of hydrogen-bond acceptors (Lipinski definition) is 5. The Bertz CT molecular complexity index is 882. The molecule has 1 aliphatic heterocycles. The number of anilines is 3. The van der Waals surface area contributed by atoms with Gasteiger partial charge in [-0.3, -0.25) is 5.10 Å². The Labute approximate surface area is 144 Å². The van der Waals surface area contributed by atoms with E-state index in [1.807, 2.05) is 22.8 Å². The van der Waals surface area contributed by atoms with Crippen LogP contribution in [0.5, 0.6) is 0 Å². The summed E-state index contributed by atoms with van der Waals surface area (Å²) in [6, 6.07) is 6.03. The molecule has 3 aromatic heterocycles. The van der Waals surface area contributed by atoms with E-state index in [1.165, 1.54) is 18.5 Å². The normalized spacial score (nSPS) is 20.9. The second-order valence-electron chi connectivity index (χ2n) is 6.54. The molecule has 2 N–H and O–H groups in total. The molecule has 0 amide bonds. The standard InChI is InChI=1S/C16H18ClN7/c17-11-5-7-23(9-11)16-19-15(13-2-1-6-24(13)22-16)18-14-8-12(20-21-14)10-3-4-10/h1-2,6,8,10-11H,3-5,7,9H2,(H2,18,19,20,21,22)/t11-/m1/s1. The van der Waals surface area contributed by atoms with Crippen LogP contribution in [0.2, 0.25) is 0 Å². The molecule has 24 heavy (non-hydrogen) atoms. The van der Waals surface area contributed by atoms with Gasteiger partial charge in [-0.2, -0.15) is 10.1 Å². The summed E-state index contributed by atoms with van der Waals surface area (Å²) < 4.78 is 1.85. The van der Waals surface area contributed by atoms with Crippen LogP contribution in [-0.2, 0) is 0 Å². The number of hydrogen-bond donors (Lipinski definition) is 2. The SMILES string of the molecule is Cl[C@@H]1CCN(c2nc(Nc3cc(C4CC4)[nH]n3)c3cccn3n2)C1. The molecule has 1 saturated heterocycles. The third-order valence-corrected chi connectivity index (χ3v) is 5.01. The molecular weight excluding hydrogens is 326 g/mol. The summed E-state index contributed by atoms with van der Waals surface area (Å²) >= 11 is 6.23. The summed E-state index contributed by atoms with van der Waals surface area (Å²) in [5.41, 5.74) is 2.12. The minimum atomic E-state index is 0.165. The molecule has 0 aromatic carbocycles. The Morgan fingerprint density at radius 3 is 3.00 bits per heavy atom. The second kappa shape index (κ2) is 5.37. The van der Waals surface area contributed by atoms with E-state index in [1.54, 1.807) is 0 Å². The van der Waals surface area contributed by atoms with Gasteiger partial charge >= 0.3 is 0 Å². The van der Waals surface area contributed by atoms with Gasteiger partial charge in [0.2, 0.25) is 5.95 Å². The lowest BCUT2D eigenvalue weighted by Gasteiger charge is -2.16. The summed E-state index contributed by atoms with van der Waals surface area (Å²) in [4.78, 5) is 6.85. The third-order valence-electron chi connectivity index (χ3n) is 4.65. The Balaban J connectivity index is 1.49. The first kappa shape index (κ1) is 14.1. The highest BCUT2D eigenvalue weighted by molar-refractivity contribution is 6.21. The van der Waals surface area contributed by atoms with Crippen molar-refractivity contribution in [2.45, 2.75) is 30.6 Å². The number of rotatable bonds is 4.